The van der Waals surface area contributed by atoms with Gasteiger partial charge in [0.15, 0.2) is 5.69 Å². The highest BCUT2D eigenvalue weighted by Crippen LogP contribution is 2.17. The zero-order valence-corrected chi connectivity index (χ0v) is 14.0. The quantitative estimate of drug-likeness (QED) is 0.807. The second-order valence-corrected chi connectivity index (χ2v) is 5.96. The van der Waals surface area contributed by atoms with E-state index in [0.29, 0.717) is 13.0 Å². The van der Waals surface area contributed by atoms with Gasteiger partial charge in [-0.15, -0.1) is 0 Å². The Morgan fingerprint density at radius 1 is 1.12 bits per heavy atom. The summed E-state index contributed by atoms with van der Waals surface area (Å²) in [6.45, 7) is 1.56. The lowest BCUT2D eigenvalue weighted by molar-refractivity contribution is -0.128. The van der Waals surface area contributed by atoms with Gasteiger partial charge < -0.3 is 15.3 Å². The molecule has 0 spiro atoms. The molecule has 1 aliphatic rings. The van der Waals surface area contributed by atoms with Gasteiger partial charge in [0.25, 0.3) is 5.91 Å². The van der Waals surface area contributed by atoms with Crippen molar-refractivity contribution in [3.8, 4) is 0 Å². The first-order chi connectivity index (χ1) is 12.5. The Morgan fingerprint density at radius 3 is 2.42 bits per heavy atom. The molecule has 3 rings (SSSR count). The molecule has 2 N–H and O–H groups in total. The first kappa shape index (κ1) is 17.5. The van der Waals surface area contributed by atoms with E-state index in [-0.39, 0.29) is 23.8 Å². The predicted molar refractivity (Wildman–Crippen MR) is 91.3 cm³/mol. The number of hydrogen-bond donors (Lipinski definition) is 2. The van der Waals surface area contributed by atoms with Crippen molar-refractivity contribution in [3.05, 3.63) is 59.2 Å². The molecule has 8 heteroatoms. The highest BCUT2D eigenvalue weighted by atomic mass is 16.4. The number of carboxylic acid groups (broad SMARTS) is 1. The maximum absolute atomic E-state index is 12.2. The lowest BCUT2D eigenvalue weighted by Crippen LogP contribution is -2.27. The van der Waals surface area contributed by atoms with Gasteiger partial charge in [-0.25, -0.2) is 14.8 Å². The van der Waals surface area contributed by atoms with Crippen LogP contribution in [-0.2, 0) is 17.9 Å². The molecule has 0 atom stereocenters. The topological polar surface area (TPSA) is 112 Å². The number of hydrogen-bond acceptors (Lipinski definition) is 5. The van der Waals surface area contributed by atoms with Gasteiger partial charge in [0.2, 0.25) is 5.91 Å². The summed E-state index contributed by atoms with van der Waals surface area (Å²) in [5, 5.41) is 11.5. The fourth-order valence-electron chi connectivity index (χ4n) is 2.78. The number of amides is 2. The summed E-state index contributed by atoms with van der Waals surface area (Å²) in [5.41, 5.74) is 1.72. The zero-order valence-electron chi connectivity index (χ0n) is 14.0. The van der Waals surface area contributed by atoms with Gasteiger partial charge in [0, 0.05) is 26.1 Å². The Labute approximate surface area is 149 Å². The van der Waals surface area contributed by atoms with E-state index < -0.39 is 11.9 Å². The highest BCUT2D eigenvalue weighted by molar-refractivity contribution is 5.92. The summed E-state index contributed by atoms with van der Waals surface area (Å²) in [7, 11) is 0. The summed E-state index contributed by atoms with van der Waals surface area (Å²) in [6, 6.07) is 7.61. The van der Waals surface area contributed by atoms with Gasteiger partial charge in [0.1, 0.15) is 5.69 Å². The fraction of sp³-hybridized carbons (Fsp3) is 0.278. The summed E-state index contributed by atoms with van der Waals surface area (Å²) >= 11 is 0. The van der Waals surface area contributed by atoms with Crippen molar-refractivity contribution >= 4 is 17.8 Å². The first-order valence-electron chi connectivity index (χ1n) is 8.22. The van der Waals surface area contributed by atoms with Gasteiger partial charge in [-0.1, -0.05) is 24.3 Å². The van der Waals surface area contributed by atoms with Crippen molar-refractivity contribution in [2.24, 2.45) is 0 Å². The first-order valence-corrected chi connectivity index (χ1v) is 8.22. The lowest BCUT2D eigenvalue weighted by atomic mass is 10.1. The lowest BCUT2D eigenvalue weighted by Gasteiger charge is -2.18. The summed E-state index contributed by atoms with van der Waals surface area (Å²) < 4.78 is 0. The van der Waals surface area contributed by atoms with Crippen LogP contribution in [0.1, 0.15) is 44.9 Å². The summed E-state index contributed by atoms with van der Waals surface area (Å²) in [4.78, 5) is 44.1. The SMILES string of the molecule is O=C(O)c1cnc(C(=O)NCc2ccccc2CN2CCCC2=O)cn1. The molecule has 0 radical (unpaired) electrons. The number of aromatic carboxylic acids is 1. The Hall–Kier alpha value is -3.29. The van der Waals surface area contributed by atoms with Crippen LogP contribution in [0, 0.1) is 0 Å². The average Bonchev–Trinajstić information content (AvgIpc) is 3.05. The number of carboxylic acids is 1. The number of aromatic nitrogens is 2. The number of carbonyl (C=O) groups is 3. The van der Waals surface area contributed by atoms with E-state index in [0.717, 1.165) is 36.5 Å². The van der Waals surface area contributed by atoms with E-state index in [2.05, 4.69) is 15.3 Å². The second-order valence-electron chi connectivity index (χ2n) is 5.96. The minimum absolute atomic E-state index is 0.0437. The number of rotatable bonds is 6. The standard InChI is InChI=1S/C18H18N4O4/c23-16-6-3-7-22(16)11-13-5-2-1-4-12(13)8-21-17(24)14-9-20-15(10-19-14)18(25)26/h1-2,4-5,9-10H,3,6-8,11H2,(H,21,24)(H,25,26). The molecule has 1 aromatic heterocycles. The van der Waals surface area contributed by atoms with Crippen LogP contribution in [-0.4, -0.2) is 44.3 Å². The van der Waals surface area contributed by atoms with Gasteiger partial charge >= 0.3 is 5.97 Å². The second kappa shape index (κ2) is 7.73. The molecule has 1 fully saturated rings. The van der Waals surface area contributed by atoms with E-state index in [1.54, 1.807) is 0 Å². The van der Waals surface area contributed by atoms with Crippen LogP contribution in [0.4, 0.5) is 0 Å². The van der Waals surface area contributed by atoms with Gasteiger partial charge in [-0.2, -0.15) is 0 Å². The Kier molecular flexibility index (Phi) is 5.21. The molecule has 26 heavy (non-hydrogen) atoms. The van der Waals surface area contributed by atoms with Crippen LogP contribution < -0.4 is 5.32 Å². The van der Waals surface area contributed by atoms with Gasteiger partial charge in [-0.3, -0.25) is 9.59 Å². The van der Waals surface area contributed by atoms with Crippen molar-refractivity contribution in [1.82, 2.24) is 20.2 Å². The fourth-order valence-corrected chi connectivity index (χ4v) is 2.78. The molecule has 8 nitrogen and oxygen atoms in total. The number of nitrogens with zero attached hydrogens (tertiary/aromatic N) is 3. The summed E-state index contributed by atoms with van der Waals surface area (Å²) in [6.07, 6.45) is 3.64. The van der Waals surface area contributed by atoms with E-state index in [4.69, 9.17) is 5.11 Å². The minimum atomic E-state index is -1.20. The molecule has 0 saturated carbocycles. The van der Waals surface area contributed by atoms with Crippen LogP contribution >= 0.6 is 0 Å². The van der Waals surface area contributed by atoms with Crippen molar-refractivity contribution in [3.63, 3.8) is 0 Å². The number of carbonyl (C=O) groups excluding carboxylic acids is 2. The average molecular weight is 354 g/mol. The van der Waals surface area contributed by atoms with Crippen LogP contribution in [0.5, 0.6) is 0 Å². The number of benzene rings is 1. The molecule has 2 aromatic rings. The van der Waals surface area contributed by atoms with Crippen LogP contribution in [0.3, 0.4) is 0 Å². The molecular weight excluding hydrogens is 336 g/mol. The maximum atomic E-state index is 12.2. The molecule has 1 saturated heterocycles. The van der Waals surface area contributed by atoms with E-state index in [1.165, 1.54) is 0 Å². The Bertz CT molecular complexity index is 835. The molecular formula is C18H18N4O4. The van der Waals surface area contributed by atoms with E-state index in [1.807, 2.05) is 29.2 Å². The van der Waals surface area contributed by atoms with Crippen molar-refractivity contribution in [1.29, 1.82) is 0 Å². The van der Waals surface area contributed by atoms with E-state index >= 15 is 0 Å². The Balaban J connectivity index is 1.64. The molecule has 2 amide bonds. The third-order valence-corrected chi connectivity index (χ3v) is 4.19. The Morgan fingerprint density at radius 2 is 1.81 bits per heavy atom. The smallest absolute Gasteiger partial charge is 0.356 e. The summed E-state index contributed by atoms with van der Waals surface area (Å²) in [5.74, 6) is -1.49. The van der Waals surface area contributed by atoms with Crippen molar-refractivity contribution < 1.29 is 19.5 Å². The molecule has 0 bridgehead atoms. The highest BCUT2D eigenvalue weighted by Gasteiger charge is 2.21. The molecule has 134 valence electrons. The normalized spacial score (nSPS) is 13.7. The zero-order chi connectivity index (χ0) is 18.5. The third-order valence-electron chi connectivity index (χ3n) is 4.19. The third kappa shape index (κ3) is 4.02. The van der Waals surface area contributed by atoms with Crippen molar-refractivity contribution in [2.75, 3.05) is 6.54 Å². The predicted octanol–water partition coefficient (Wildman–Crippen LogP) is 1.23. The molecule has 0 aliphatic carbocycles. The minimum Gasteiger partial charge on any atom is -0.476 e. The molecule has 0 unspecified atom stereocenters. The van der Waals surface area contributed by atoms with Gasteiger partial charge in [-0.05, 0) is 17.5 Å². The van der Waals surface area contributed by atoms with Crippen LogP contribution in [0.2, 0.25) is 0 Å². The largest absolute Gasteiger partial charge is 0.476 e. The van der Waals surface area contributed by atoms with Crippen molar-refractivity contribution in [2.45, 2.75) is 25.9 Å². The van der Waals surface area contributed by atoms with Crippen LogP contribution in [0.15, 0.2) is 36.7 Å². The molecule has 1 aromatic carbocycles. The number of nitrogens with one attached hydrogen (secondary N) is 1. The molecule has 1 aliphatic heterocycles. The number of likely N-dealkylation sites (tertiary alicyclic amines) is 1. The maximum Gasteiger partial charge on any atom is 0.356 e. The van der Waals surface area contributed by atoms with E-state index in [9.17, 15) is 14.4 Å². The monoisotopic (exact) mass is 354 g/mol. The van der Waals surface area contributed by atoms with Crippen LogP contribution in [0.25, 0.3) is 0 Å². The van der Waals surface area contributed by atoms with Gasteiger partial charge in [0.05, 0.1) is 12.4 Å². The molecule has 2 heterocycles.